The fourth-order valence-corrected chi connectivity index (χ4v) is 4.07. The lowest BCUT2D eigenvalue weighted by molar-refractivity contribution is -0.146. The van der Waals surface area contributed by atoms with Crippen molar-refractivity contribution in [3.05, 3.63) is 54.6 Å². The predicted molar refractivity (Wildman–Crippen MR) is 87.9 cm³/mol. The molecule has 0 saturated heterocycles. The SMILES string of the molecule is O=C(O)[C@@H]1[C@@H](C(=O)Nc2cccc3ccccc23)[C@H]2C=C[C@@H]1C2. The lowest BCUT2D eigenvalue weighted by Gasteiger charge is -2.24. The molecule has 0 spiro atoms. The van der Waals surface area contributed by atoms with Gasteiger partial charge in [-0.15, -0.1) is 0 Å². The van der Waals surface area contributed by atoms with E-state index in [2.05, 4.69) is 5.32 Å². The van der Waals surface area contributed by atoms with Gasteiger partial charge in [0.25, 0.3) is 0 Å². The second-order valence-corrected chi connectivity index (χ2v) is 6.35. The Balaban J connectivity index is 1.65. The van der Waals surface area contributed by atoms with Crippen LogP contribution in [0.4, 0.5) is 5.69 Å². The van der Waals surface area contributed by atoms with Gasteiger partial charge < -0.3 is 10.4 Å². The first-order valence-electron chi connectivity index (χ1n) is 7.85. The van der Waals surface area contributed by atoms with E-state index in [9.17, 15) is 14.7 Å². The van der Waals surface area contributed by atoms with Gasteiger partial charge in [0, 0.05) is 11.1 Å². The van der Waals surface area contributed by atoms with Crippen LogP contribution in [-0.4, -0.2) is 17.0 Å². The first-order chi connectivity index (χ1) is 11.1. The van der Waals surface area contributed by atoms with Gasteiger partial charge in [0.2, 0.25) is 5.91 Å². The van der Waals surface area contributed by atoms with Gasteiger partial charge in [-0.1, -0.05) is 48.6 Å². The summed E-state index contributed by atoms with van der Waals surface area (Å²) in [6, 6.07) is 13.6. The molecule has 0 aromatic heterocycles. The van der Waals surface area contributed by atoms with Crippen molar-refractivity contribution in [3.63, 3.8) is 0 Å². The molecule has 0 heterocycles. The molecule has 4 heteroatoms. The number of hydrogen-bond acceptors (Lipinski definition) is 2. The van der Waals surface area contributed by atoms with Gasteiger partial charge in [-0.05, 0) is 29.7 Å². The molecular formula is C19H17NO3. The van der Waals surface area contributed by atoms with Crippen LogP contribution < -0.4 is 5.32 Å². The molecule has 0 aliphatic heterocycles. The Hall–Kier alpha value is -2.62. The molecule has 0 radical (unpaired) electrons. The minimum atomic E-state index is -0.875. The van der Waals surface area contributed by atoms with Crippen LogP contribution >= 0.6 is 0 Å². The largest absolute Gasteiger partial charge is 0.481 e. The topological polar surface area (TPSA) is 66.4 Å². The summed E-state index contributed by atoms with van der Waals surface area (Å²) >= 11 is 0. The molecule has 4 rings (SSSR count). The number of nitrogens with one attached hydrogen (secondary N) is 1. The predicted octanol–water partition coefficient (Wildman–Crippen LogP) is 3.30. The zero-order valence-electron chi connectivity index (χ0n) is 12.5. The summed E-state index contributed by atoms with van der Waals surface area (Å²) in [5.74, 6) is -2.14. The van der Waals surface area contributed by atoms with Crippen molar-refractivity contribution in [1.82, 2.24) is 0 Å². The van der Waals surface area contributed by atoms with Gasteiger partial charge in [0.1, 0.15) is 0 Å². The number of allylic oxidation sites excluding steroid dienone is 2. The highest BCUT2D eigenvalue weighted by Crippen LogP contribution is 2.48. The molecule has 4 atom stereocenters. The third kappa shape index (κ3) is 2.22. The normalized spacial score (nSPS) is 28.2. The lowest BCUT2D eigenvalue weighted by atomic mass is 9.82. The number of carbonyl (C=O) groups excluding carboxylic acids is 1. The monoisotopic (exact) mass is 307 g/mol. The highest BCUT2D eigenvalue weighted by atomic mass is 16.4. The Morgan fingerprint density at radius 3 is 2.43 bits per heavy atom. The van der Waals surface area contributed by atoms with Crippen molar-refractivity contribution in [2.24, 2.45) is 23.7 Å². The summed E-state index contributed by atoms with van der Waals surface area (Å²) in [5, 5.41) is 14.5. The van der Waals surface area contributed by atoms with Gasteiger partial charge >= 0.3 is 5.97 Å². The van der Waals surface area contributed by atoms with Crippen molar-refractivity contribution in [2.75, 3.05) is 5.32 Å². The molecule has 0 unspecified atom stereocenters. The van der Waals surface area contributed by atoms with E-state index < -0.39 is 17.8 Å². The summed E-state index contributed by atoms with van der Waals surface area (Å²) in [7, 11) is 0. The zero-order chi connectivity index (χ0) is 16.0. The van der Waals surface area contributed by atoms with Crippen molar-refractivity contribution in [3.8, 4) is 0 Å². The Labute approximate surface area is 133 Å². The third-order valence-electron chi connectivity index (χ3n) is 5.09. The fraction of sp³-hybridized carbons (Fsp3) is 0.263. The molecule has 23 heavy (non-hydrogen) atoms. The average Bonchev–Trinajstić information content (AvgIpc) is 3.16. The van der Waals surface area contributed by atoms with E-state index >= 15 is 0 Å². The maximum absolute atomic E-state index is 12.8. The molecule has 2 bridgehead atoms. The smallest absolute Gasteiger partial charge is 0.307 e. The van der Waals surface area contributed by atoms with Crippen molar-refractivity contribution in [1.29, 1.82) is 0 Å². The molecule has 116 valence electrons. The molecule has 1 amide bonds. The summed E-state index contributed by atoms with van der Waals surface area (Å²) in [6.07, 6.45) is 4.72. The van der Waals surface area contributed by atoms with Crippen LogP contribution in [0.5, 0.6) is 0 Å². The number of benzene rings is 2. The lowest BCUT2D eigenvalue weighted by Crippen LogP contribution is -2.36. The number of rotatable bonds is 3. The van der Waals surface area contributed by atoms with E-state index in [-0.39, 0.29) is 17.7 Å². The van der Waals surface area contributed by atoms with Crippen LogP contribution in [0.25, 0.3) is 10.8 Å². The van der Waals surface area contributed by atoms with Crippen LogP contribution in [0.1, 0.15) is 6.42 Å². The number of carbonyl (C=O) groups is 2. The highest BCUT2D eigenvalue weighted by Gasteiger charge is 2.51. The van der Waals surface area contributed by atoms with Crippen LogP contribution in [-0.2, 0) is 9.59 Å². The minimum Gasteiger partial charge on any atom is -0.481 e. The van der Waals surface area contributed by atoms with Gasteiger partial charge in [-0.2, -0.15) is 0 Å². The zero-order valence-corrected chi connectivity index (χ0v) is 12.5. The Bertz CT molecular complexity index is 821. The van der Waals surface area contributed by atoms with Crippen molar-refractivity contribution in [2.45, 2.75) is 6.42 Å². The first-order valence-corrected chi connectivity index (χ1v) is 7.85. The first kappa shape index (κ1) is 14.0. The van der Waals surface area contributed by atoms with Gasteiger partial charge in [0.05, 0.1) is 11.8 Å². The number of aliphatic carboxylic acids is 1. The summed E-state index contributed by atoms with van der Waals surface area (Å²) in [5.41, 5.74) is 0.740. The molecule has 2 aliphatic rings. The van der Waals surface area contributed by atoms with E-state index in [0.717, 1.165) is 22.9 Å². The van der Waals surface area contributed by atoms with Crippen LogP contribution in [0.15, 0.2) is 54.6 Å². The number of anilines is 1. The Morgan fingerprint density at radius 1 is 0.957 bits per heavy atom. The van der Waals surface area contributed by atoms with Crippen molar-refractivity contribution < 1.29 is 14.7 Å². The van der Waals surface area contributed by atoms with Crippen LogP contribution in [0.2, 0.25) is 0 Å². The standard InChI is InChI=1S/C19H17NO3/c21-18(16-12-8-9-13(10-12)17(16)19(22)23)20-15-7-3-5-11-4-1-2-6-14(11)15/h1-9,12-13,16-17H,10H2,(H,20,21)(H,22,23)/t12-,13+,16-,17-/m0/s1. The molecule has 2 aromatic carbocycles. The number of carboxylic acid groups (broad SMARTS) is 1. The number of hydrogen-bond donors (Lipinski definition) is 2. The molecule has 2 N–H and O–H groups in total. The molecule has 2 aromatic rings. The van der Waals surface area contributed by atoms with E-state index in [1.54, 1.807) is 0 Å². The minimum absolute atomic E-state index is 0.0132. The Kier molecular flexibility index (Phi) is 3.18. The number of carboxylic acids is 1. The second-order valence-electron chi connectivity index (χ2n) is 6.35. The highest BCUT2D eigenvalue weighted by molar-refractivity contribution is 6.04. The molecule has 1 fully saturated rings. The maximum atomic E-state index is 12.8. The van der Waals surface area contributed by atoms with Crippen LogP contribution in [0.3, 0.4) is 0 Å². The Morgan fingerprint density at radius 2 is 1.65 bits per heavy atom. The van der Waals surface area contributed by atoms with E-state index in [1.807, 2.05) is 54.6 Å². The maximum Gasteiger partial charge on any atom is 0.307 e. The quantitative estimate of drug-likeness (QED) is 0.855. The van der Waals surface area contributed by atoms with Crippen molar-refractivity contribution >= 4 is 28.3 Å². The van der Waals surface area contributed by atoms with Gasteiger partial charge in [-0.25, -0.2) is 0 Å². The number of fused-ring (bicyclic) bond motifs is 3. The van der Waals surface area contributed by atoms with Gasteiger partial charge in [-0.3, -0.25) is 9.59 Å². The second kappa shape index (κ2) is 5.23. The molecular weight excluding hydrogens is 290 g/mol. The number of amides is 1. The molecule has 4 nitrogen and oxygen atoms in total. The van der Waals surface area contributed by atoms with E-state index in [1.165, 1.54) is 0 Å². The van der Waals surface area contributed by atoms with Gasteiger partial charge in [0.15, 0.2) is 0 Å². The molecule has 1 saturated carbocycles. The van der Waals surface area contributed by atoms with E-state index in [4.69, 9.17) is 0 Å². The summed E-state index contributed by atoms with van der Waals surface area (Å²) < 4.78 is 0. The average molecular weight is 307 g/mol. The fourth-order valence-electron chi connectivity index (χ4n) is 4.07. The van der Waals surface area contributed by atoms with Crippen LogP contribution in [0, 0.1) is 23.7 Å². The third-order valence-corrected chi connectivity index (χ3v) is 5.09. The summed E-state index contributed by atoms with van der Waals surface area (Å²) in [4.78, 5) is 24.3. The molecule has 2 aliphatic carbocycles. The van der Waals surface area contributed by atoms with E-state index in [0.29, 0.717) is 0 Å². The summed E-state index contributed by atoms with van der Waals surface area (Å²) in [6.45, 7) is 0.